The average Bonchev–Trinajstić information content (AvgIpc) is 2.12. The first-order chi connectivity index (χ1) is 6.38. The number of hydrogen-bond acceptors (Lipinski definition) is 1. The molecule has 0 bridgehead atoms. The second-order valence-corrected chi connectivity index (χ2v) is 3.34. The van der Waals surface area contributed by atoms with Crippen LogP contribution >= 0.6 is 0 Å². The fourth-order valence-electron chi connectivity index (χ4n) is 1.31. The summed E-state index contributed by atoms with van der Waals surface area (Å²) in [7, 11) is 0. The molecule has 0 saturated heterocycles. The van der Waals surface area contributed by atoms with Crippen molar-refractivity contribution < 1.29 is 4.74 Å². The van der Waals surface area contributed by atoms with Crippen LogP contribution < -0.4 is 4.74 Å². The molecule has 1 saturated carbocycles. The molecule has 13 heavy (non-hydrogen) atoms. The van der Waals surface area contributed by atoms with Gasteiger partial charge in [0.25, 0.3) is 0 Å². The molecule has 1 aliphatic carbocycles. The molecule has 1 aromatic carbocycles. The molecular weight excluding hydrogens is 160 g/mol. The molecule has 66 valence electrons. The highest BCUT2D eigenvalue weighted by Gasteiger charge is 2.18. The Labute approximate surface area is 78.7 Å². The van der Waals surface area contributed by atoms with Gasteiger partial charge in [-0.3, -0.25) is 0 Å². The summed E-state index contributed by atoms with van der Waals surface area (Å²) >= 11 is 0. The Bertz CT molecular complexity index is 314. The zero-order valence-electron chi connectivity index (χ0n) is 7.49. The summed E-state index contributed by atoms with van der Waals surface area (Å²) in [6, 6.07) is 7.70. The largest absolute Gasteiger partial charge is 0.490 e. The van der Waals surface area contributed by atoms with Crippen LogP contribution in [0.25, 0.3) is 0 Å². The van der Waals surface area contributed by atoms with Gasteiger partial charge in [-0.15, -0.1) is 6.42 Å². The highest BCUT2D eigenvalue weighted by Crippen LogP contribution is 2.24. The normalized spacial score (nSPS) is 15.9. The lowest BCUT2D eigenvalue weighted by atomic mass is 9.96. The molecule has 0 unspecified atom stereocenters. The van der Waals surface area contributed by atoms with E-state index in [0.29, 0.717) is 6.10 Å². The van der Waals surface area contributed by atoms with Gasteiger partial charge in [0.1, 0.15) is 5.75 Å². The van der Waals surface area contributed by atoms with E-state index in [2.05, 4.69) is 5.92 Å². The van der Waals surface area contributed by atoms with Crippen LogP contribution in [-0.2, 0) is 0 Å². The first-order valence-electron chi connectivity index (χ1n) is 4.62. The maximum atomic E-state index is 5.68. The van der Waals surface area contributed by atoms with Crippen LogP contribution in [0.2, 0.25) is 0 Å². The van der Waals surface area contributed by atoms with E-state index in [0.717, 1.165) is 11.3 Å². The van der Waals surface area contributed by atoms with Gasteiger partial charge >= 0.3 is 0 Å². The standard InChI is InChI=1S/C12H12O/c1-2-10-6-8-12(9-7-10)13-11-4-3-5-11/h1,6-9,11H,3-5H2. The van der Waals surface area contributed by atoms with E-state index >= 15 is 0 Å². The molecule has 0 aromatic heterocycles. The summed E-state index contributed by atoms with van der Waals surface area (Å²) in [5.41, 5.74) is 0.904. The molecule has 0 atom stereocenters. The van der Waals surface area contributed by atoms with Crippen molar-refractivity contribution in [1.82, 2.24) is 0 Å². The van der Waals surface area contributed by atoms with E-state index < -0.39 is 0 Å². The second kappa shape index (κ2) is 3.53. The van der Waals surface area contributed by atoms with Crippen LogP contribution in [0.3, 0.4) is 0 Å². The molecular formula is C12H12O. The molecule has 0 amide bonds. The Morgan fingerprint density at radius 3 is 2.38 bits per heavy atom. The third-order valence-corrected chi connectivity index (χ3v) is 2.38. The van der Waals surface area contributed by atoms with E-state index in [-0.39, 0.29) is 0 Å². The molecule has 0 radical (unpaired) electrons. The third-order valence-electron chi connectivity index (χ3n) is 2.38. The monoisotopic (exact) mass is 172 g/mol. The Balaban J connectivity index is 2.01. The van der Waals surface area contributed by atoms with E-state index in [1.165, 1.54) is 19.3 Å². The van der Waals surface area contributed by atoms with Crippen molar-refractivity contribution in [3.63, 3.8) is 0 Å². The second-order valence-electron chi connectivity index (χ2n) is 3.34. The number of benzene rings is 1. The van der Waals surface area contributed by atoms with Crippen molar-refractivity contribution in [1.29, 1.82) is 0 Å². The molecule has 1 fully saturated rings. The number of ether oxygens (including phenoxy) is 1. The maximum Gasteiger partial charge on any atom is 0.119 e. The van der Waals surface area contributed by atoms with Crippen molar-refractivity contribution >= 4 is 0 Å². The SMILES string of the molecule is C#Cc1ccc(OC2CCC2)cc1. The highest BCUT2D eigenvalue weighted by atomic mass is 16.5. The van der Waals surface area contributed by atoms with E-state index in [1.807, 2.05) is 24.3 Å². The van der Waals surface area contributed by atoms with Crippen molar-refractivity contribution in [3.05, 3.63) is 29.8 Å². The van der Waals surface area contributed by atoms with Gasteiger partial charge in [0.15, 0.2) is 0 Å². The van der Waals surface area contributed by atoms with Crippen LogP contribution in [0.5, 0.6) is 5.75 Å². The van der Waals surface area contributed by atoms with Gasteiger partial charge < -0.3 is 4.74 Å². The van der Waals surface area contributed by atoms with E-state index in [4.69, 9.17) is 11.2 Å². The molecule has 1 aliphatic rings. The van der Waals surface area contributed by atoms with Crippen LogP contribution in [0.1, 0.15) is 24.8 Å². The quantitative estimate of drug-likeness (QED) is 0.623. The van der Waals surface area contributed by atoms with Crippen molar-refractivity contribution in [2.45, 2.75) is 25.4 Å². The zero-order valence-corrected chi connectivity index (χ0v) is 7.49. The Kier molecular flexibility index (Phi) is 2.23. The first-order valence-corrected chi connectivity index (χ1v) is 4.62. The zero-order chi connectivity index (χ0) is 9.10. The molecule has 0 aliphatic heterocycles. The fourth-order valence-corrected chi connectivity index (χ4v) is 1.31. The number of hydrogen-bond donors (Lipinski definition) is 0. The first kappa shape index (κ1) is 8.19. The third kappa shape index (κ3) is 1.84. The molecule has 1 aromatic rings. The summed E-state index contributed by atoms with van der Waals surface area (Å²) in [6.07, 6.45) is 9.37. The minimum atomic E-state index is 0.441. The topological polar surface area (TPSA) is 9.23 Å². The van der Waals surface area contributed by atoms with Gasteiger partial charge in [-0.1, -0.05) is 5.92 Å². The number of rotatable bonds is 2. The molecule has 0 heterocycles. The molecule has 0 spiro atoms. The molecule has 1 nitrogen and oxygen atoms in total. The van der Waals surface area contributed by atoms with Crippen molar-refractivity contribution in [2.75, 3.05) is 0 Å². The minimum Gasteiger partial charge on any atom is -0.490 e. The minimum absolute atomic E-state index is 0.441. The van der Waals surface area contributed by atoms with Gasteiger partial charge in [0, 0.05) is 5.56 Å². The van der Waals surface area contributed by atoms with Crippen LogP contribution in [0.4, 0.5) is 0 Å². The lowest BCUT2D eigenvalue weighted by molar-refractivity contribution is 0.120. The predicted octanol–water partition coefficient (Wildman–Crippen LogP) is 2.60. The summed E-state index contributed by atoms with van der Waals surface area (Å²) in [5.74, 6) is 3.51. The van der Waals surface area contributed by atoms with Crippen LogP contribution in [-0.4, -0.2) is 6.10 Å². The average molecular weight is 172 g/mol. The lowest BCUT2D eigenvalue weighted by Crippen LogP contribution is -2.24. The fraction of sp³-hybridized carbons (Fsp3) is 0.333. The predicted molar refractivity (Wildman–Crippen MR) is 52.6 cm³/mol. The number of terminal acetylenes is 1. The van der Waals surface area contributed by atoms with Crippen LogP contribution in [0.15, 0.2) is 24.3 Å². The summed E-state index contributed by atoms with van der Waals surface area (Å²) in [6.45, 7) is 0. The summed E-state index contributed by atoms with van der Waals surface area (Å²) < 4.78 is 5.68. The Morgan fingerprint density at radius 2 is 1.92 bits per heavy atom. The van der Waals surface area contributed by atoms with E-state index in [1.54, 1.807) is 0 Å². The van der Waals surface area contributed by atoms with Crippen LogP contribution in [0, 0.1) is 12.3 Å². The van der Waals surface area contributed by atoms with Crippen molar-refractivity contribution in [3.8, 4) is 18.1 Å². The van der Waals surface area contributed by atoms with E-state index in [9.17, 15) is 0 Å². The smallest absolute Gasteiger partial charge is 0.119 e. The summed E-state index contributed by atoms with van der Waals surface area (Å²) in [4.78, 5) is 0. The van der Waals surface area contributed by atoms with Crippen molar-refractivity contribution in [2.24, 2.45) is 0 Å². The summed E-state index contributed by atoms with van der Waals surface area (Å²) in [5, 5.41) is 0. The van der Waals surface area contributed by atoms with Gasteiger partial charge in [0.2, 0.25) is 0 Å². The molecule has 1 heteroatoms. The highest BCUT2D eigenvalue weighted by molar-refractivity contribution is 5.36. The maximum absolute atomic E-state index is 5.68. The van der Waals surface area contributed by atoms with Gasteiger partial charge in [-0.25, -0.2) is 0 Å². The van der Waals surface area contributed by atoms with Gasteiger partial charge in [-0.05, 0) is 43.5 Å². The molecule has 2 rings (SSSR count). The molecule has 0 N–H and O–H groups in total. The Morgan fingerprint density at radius 1 is 1.23 bits per heavy atom. The lowest BCUT2D eigenvalue weighted by Gasteiger charge is -2.26. The Hall–Kier alpha value is -1.42. The van der Waals surface area contributed by atoms with Gasteiger partial charge in [0.05, 0.1) is 6.10 Å². The van der Waals surface area contributed by atoms with Gasteiger partial charge in [-0.2, -0.15) is 0 Å².